The molecule has 0 aromatic carbocycles. The number of halogens is 5. The van der Waals surface area contributed by atoms with Crippen LogP contribution < -0.4 is 11.1 Å². The summed E-state index contributed by atoms with van der Waals surface area (Å²) in [4.78, 5) is 25.2. The van der Waals surface area contributed by atoms with Crippen LogP contribution in [-0.4, -0.2) is 39.1 Å². The van der Waals surface area contributed by atoms with Crippen LogP contribution in [0.5, 0.6) is 0 Å². The Morgan fingerprint density at radius 2 is 1.81 bits per heavy atom. The number of carboxylic acid groups (broad SMARTS) is 1. The zero-order chi connectivity index (χ0) is 20.5. The Kier molecular flexibility index (Phi) is 6.95. The quantitative estimate of drug-likeness (QED) is 0.613. The van der Waals surface area contributed by atoms with Gasteiger partial charge in [0.05, 0.1) is 4.88 Å². The third-order valence-corrected chi connectivity index (χ3v) is 5.57. The number of alkyl halides is 4. The second-order valence-corrected chi connectivity index (χ2v) is 8.86. The van der Waals surface area contributed by atoms with Gasteiger partial charge >= 0.3 is 12.1 Å². The number of carboxylic acids is 1. The molecule has 4 N–H and O–H groups in total. The Hall–Kier alpha value is -1.10. The SMILES string of the molecule is CC(C)(C)c1sc(NC(=O)C2(Cl)CC(N)C2)nc1Cl.O=C(O)C(F)(F)F. The number of carbonyl (C=O) groups is 2. The predicted molar refractivity (Wildman–Crippen MR) is 93.9 cm³/mol. The number of rotatable bonds is 2. The van der Waals surface area contributed by atoms with Crippen LogP contribution in [0, 0.1) is 0 Å². The van der Waals surface area contributed by atoms with Crippen LogP contribution in [0.3, 0.4) is 0 Å². The second-order valence-electron chi connectivity index (χ2n) is 6.78. The third kappa shape index (κ3) is 5.97. The van der Waals surface area contributed by atoms with Crippen molar-refractivity contribution >= 4 is 51.5 Å². The van der Waals surface area contributed by atoms with E-state index in [1.54, 1.807) is 0 Å². The van der Waals surface area contributed by atoms with E-state index in [2.05, 4.69) is 10.3 Å². The summed E-state index contributed by atoms with van der Waals surface area (Å²) >= 11 is 13.7. The average molecular weight is 436 g/mol. The van der Waals surface area contributed by atoms with Crippen LogP contribution in [0.15, 0.2) is 0 Å². The third-order valence-electron chi connectivity index (χ3n) is 3.31. The van der Waals surface area contributed by atoms with E-state index in [-0.39, 0.29) is 17.4 Å². The van der Waals surface area contributed by atoms with Gasteiger partial charge in [0.2, 0.25) is 5.91 Å². The number of hydrogen-bond donors (Lipinski definition) is 3. The van der Waals surface area contributed by atoms with Crippen molar-refractivity contribution in [1.29, 1.82) is 0 Å². The Labute approximate surface area is 161 Å². The minimum Gasteiger partial charge on any atom is -0.475 e. The molecule has 0 unspecified atom stereocenters. The highest BCUT2D eigenvalue weighted by Crippen LogP contribution is 2.40. The predicted octanol–water partition coefficient (Wildman–Crippen LogP) is 3.76. The van der Waals surface area contributed by atoms with Gasteiger partial charge < -0.3 is 16.2 Å². The average Bonchev–Trinajstić information content (AvgIpc) is 2.77. The highest BCUT2D eigenvalue weighted by atomic mass is 35.5. The normalized spacial score (nSPS) is 22.7. The Morgan fingerprint density at radius 1 is 1.35 bits per heavy atom. The molecule has 12 heteroatoms. The lowest BCUT2D eigenvalue weighted by molar-refractivity contribution is -0.192. The number of anilines is 1. The van der Waals surface area contributed by atoms with E-state index in [4.69, 9.17) is 38.8 Å². The van der Waals surface area contributed by atoms with Crippen LogP contribution in [0.25, 0.3) is 0 Å². The van der Waals surface area contributed by atoms with Crippen molar-refractivity contribution in [2.24, 2.45) is 5.73 Å². The smallest absolute Gasteiger partial charge is 0.475 e. The van der Waals surface area contributed by atoms with Crippen LogP contribution in [0.2, 0.25) is 5.15 Å². The first-order valence-electron chi connectivity index (χ1n) is 7.29. The van der Waals surface area contributed by atoms with Crippen LogP contribution in [0.1, 0.15) is 38.5 Å². The first-order chi connectivity index (χ1) is 11.6. The van der Waals surface area contributed by atoms with Crippen molar-refractivity contribution in [3.8, 4) is 0 Å². The molecule has 1 aliphatic carbocycles. The van der Waals surface area contributed by atoms with Crippen molar-refractivity contribution < 1.29 is 27.9 Å². The number of nitrogens with zero attached hydrogens (tertiary/aromatic N) is 1. The number of thiazole rings is 1. The zero-order valence-corrected chi connectivity index (χ0v) is 16.4. The Morgan fingerprint density at radius 3 is 2.12 bits per heavy atom. The summed E-state index contributed by atoms with van der Waals surface area (Å²) in [5.41, 5.74) is 5.57. The number of hydrogen-bond acceptors (Lipinski definition) is 5. The van der Waals surface area contributed by atoms with Gasteiger partial charge in [-0.2, -0.15) is 13.2 Å². The molecule has 1 aromatic rings. The summed E-state index contributed by atoms with van der Waals surface area (Å²) in [5, 5.41) is 10.8. The van der Waals surface area contributed by atoms with Gasteiger partial charge in [-0.05, 0) is 18.3 Å². The first kappa shape index (κ1) is 22.9. The van der Waals surface area contributed by atoms with E-state index in [1.807, 2.05) is 20.8 Å². The number of nitrogens with two attached hydrogens (primary N) is 1. The van der Waals surface area contributed by atoms with Crippen molar-refractivity contribution in [3.63, 3.8) is 0 Å². The molecule has 2 rings (SSSR count). The maximum Gasteiger partial charge on any atom is 0.490 e. The fourth-order valence-corrected chi connectivity index (χ4v) is 3.87. The Bertz CT molecular complexity index is 683. The molecule has 0 aliphatic heterocycles. The molecule has 148 valence electrons. The monoisotopic (exact) mass is 435 g/mol. The molecule has 1 aromatic heterocycles. The summed E-state index contributed by atoms with van der Waals surface area (Å²) in [6.45, 7) is 6.14. The van der Waals surface area contributed by atoms with Gasteiger partial charge in [0.1, 0.15) is 10.0 Å². The lowest BCUT2D eigenvalue weighted by Gasteiger charge is -2.39. The van der Waals surface area contributed by atoms with E-state index in [1.165, 1.54) is 11.3 Å². The standard InChI is InChI=1S/C12H17Cl2N3OS.C2HF3O2/c1-11(2,3)7-8(13)16-10(19-7)17-9(18)12(14)4-6(15)5-12;3-2(4,5)1(6)7/h6H,4-5,15H2,1-3H3,(H,16,17,18);(H,6,7). The van der Waals surface area contributed by atoms with Gasteiger partial charge in [-0.1, -0.05) is 43.7 Å². The number of carbonyl (C=O) groups excluding carboxylic acids is 1. The van der Waals surface area contributed by atoms with E-state index >= 15 is 0 Å². The van der Waals surface area contributed by atoms with Gasteiger partial charge in [-0.3, -0.25) is 4.79 Å². The Balaban J connectivity index is 0.000000412. The lowest BCUT2D eigenvalue weighted by Crippen LogP contribution is -2.54. The maximum atomic E-state index is 12.1. The fourth-order valence-electron chi connectivity index (χ4n) is 1.98. The molecule has 1 aliphatic rings. The molecular weight excluding hydrogens is 418 g/mol. The minimum absolute atomic E-state index is 0.00766. The van der Waals surface area contributed by atoms with E-state index < -0.39 is 17.0 Å². The van der Waals surface area contributed by atoms with E-state index in [0.717, 1.165) is 4.88 Å². The van der Waals surface area contributed by atoms with Crippen LogP contribution >= 0.6 is 34.5 Å². The number of amides is 1. The molecule has 0 radical (unpaired) electrons. The molecule has 26 heavy (non-hydrogen) atoms. The first-order valence-corrected chi connectivity index (χ1v) is 8.86. The largest absolute Gasteiger partial charge is 0.490 e. The lowest BCUT2D eigenvalue weighted by atomic mass is 9.79. The molecule has 0 atom stereocenters. The van der Waals surface area contributed by atoms with Crippen molar-refractivity contribution in [2.45, 2.75) is 56.1 Å². The summed E-state index contributed by atoms with van der Waals surface area (Å²) in [5.74, 6) is -3.01. The molecule has 1 fully saturated rings. The fraction of sp³-hybridized carbons (Fsp3) is 0.643. The molecule has 0 bridgehead atoms. The van der Waals surface area contributed by atoms with Crippen molar-refractivity contribution in [2.75, 3.05) is 5.32 Å². The highest BCUT2D eigenvalue weighted by Gasteiger charge is 2.47. The maximum absolute atomic E-state index is 12.1. The molecule has 1 amide bonds. The van der Waals surface area contributed by atoms with Gasteiger partial charge in [0.15, 0.2) is 5.13 Å². The molecule has 0 spiro atoms. The molecule has 1 saturated carbocycles. The van der Waals surface area contributed by atoms with Gasteiger partial charge in [-0.15, -0.1) is 11.6 Å². The van der Waals surface area contributed by atoms with Crippen LogP contribution in [0.4, 0.5) is 18.3 Å². The number of nitrogens with one attached hydrogen (secondary N) is 1. The molecule has 6 nitrogen and oxygen atoms in total. The highest BCUT2D eigenvalue weighted by molar-refractivity contribution is 7.16. The summed E-state index contributed by atoms with van der Waals surface area (Å²) in [6, 6.07) is 0.00766. The topological polar surface area (TPSA) is 105 Å². The number of aromatic nitrogens is 1. The minimum atomic E-state index is -5.08. The number of aliphatic carboxylic acids is 1. The summed E-state index contributed by atoms with van der Waals surface area (Å²) in [7, 11) is 0. The van der Waals surface area contributed by atoms with Gasteiger partial charge in [-0.25, -0.2) is 9.78 Å². The second kappa shape index (κ2) is 7.87. The molecule has 0 saturated heterocycles. The molecule has 1 heterocycles. The van der Waals surface area contributed by atoms with Crippen molar-refractivity contribution in [3.05, 3.63) is 10.0 Å². The van der Waals surface area contributed by atoms with Crippen molar-refractivity contribution in [1.82, 2.24) is 4.98 Å². The van der Waals surface area contributed by atoms with E-state index in [9.17, 15) is 18.0 Å². The van der Waals surface area contributed by atoms with Gasteiger partial charge in [0.25, 0.3) is 0 Å². The summed E-state index contributed by atoms with van der Waals surface area (Å²) < 4.78 is 31.7. The summed E-state index contributed by atoms with van der Waals surface area (Å²) in [6.07, 6.45) is -4.10. The van der Waals surface area contributed by atoms with Crippen LogP contribution in [-0.2, 0) is 15.0 Å². The van der Waals surface area contributed by atoms with Gasteiger partial charge in [0, 0.05) is 6.04 Å². The zero-order valence-electron chi connectivity index (χ0n) is 14.1. The van der Waals surface area contributed by atoms with E-state index in [0.29, 0.717) is 23.1 Å². The molecular formula is C14H18Cl2F3N3O3S.